The topological polar surface area (TPSA) is 67.8 Å². The maximum absolute atomic E-state index is 11.2. The molecule has 30 heavy (non-hydrogen) atoms. The quantitative estimate of drug-likeness (QED) is 0.444. The standard InChI is InChI=1S/C24H24ClNO4/c1-3-29-22-12-19(14-26-21-11-18(24(27)28)10-9-16(21)2)20(25)13-23(22)30-15-17-7-5-4-6-8-17/h4-13,26H,3,14-15H2,1-2H3,(H,27,28). The number of nitrogens with one attached hydrogen (secondary N) is 1. The molecule has 0 saturated carbocycles. The van der Waals surface area contributed by atoms with Crippen LogP contribution in [0.15, 0.2) is 60.7 Å². The molecule has 0 atom stereocenters. The number of carbonyl (C=O) groups is 1. The zero-order chi connectivity index (χ0) is 21.5. The van der Waals surface area contributed by atoms with E-state index in [1.54, 1.807) is 24.3 Å². The van der Waals surface area contributed by atoms with Crippen LogP contribution in [0.5, 0.6) is 11.5 Å². The summed E-state index contributed by atoms with van der Waals surface area (Å²) in [6.07, 6.45) is 0. The van der Waals surface area contributed by atoms with Crippen LogP contribution in [-0.4, -0.2) is 17.7 Å². The number of carboxylic acid groups (broad SMARTS) is 1. The summed E-state index contributed by atoms with van der Waals surface area (Å²) in [5.41, 5.74) is 3.80. The largest absolute Gasteiger partial charge is 0.490 e. The van der Waals surface area contributed by atoms with Crippen LogP contribution in [0.3, 0.4) is 0 Å². The van der Waals surface area contributed by atoms with Crippen LogP contribution in [0.2, 0.25) is 5.02 Å². The van der Waals surface area contributed by atoms with E-state index in [4.69, 9.17) is 21.1 Å². The summed E-state index contributed by atoms with van der Waals surface area (Å²) in [6, 6.07) is 18.5. The molecule has 0 aromatic heterocycles. The highest BCUT2D eigenvalue weighted by Crippen LogP contribution is 2.35. The lowest BCUT2D eigenvalue weighted by atomic mass is 10.1. The van der Waals surface area contributed by atoms with Crippen molar-refractivity contribution >= 4 is 23.3 Å². The van der Waals surface area contributed by atoms with E-state index in [0.717, 1.165) is 22.4 Å². The summed E-state index contributed by atoms with van der Waals surface area (Å²) < 4.78 is 11.7. The van der Waals surface area contributed by atoms with Crippen LogP contribution in [0.25, 0.3) is 0 Å². The molecule has 0 heterocycles. The minimum atomic E-state index is -0.963. The van der Waals surface area contributed by atoms with Crippen molar-refractivity contribution in [3.8, 4) is 11.5 Å². The lowest BCUT2D eigenvalue weighted by molar-refractivity contribution is 0.0697. The molecule has 5 nitrogen and oxygen atoms in total. The number of hydrogen-bond donors (Lipinski definition) is 2. The van der Waals surface area contributed by atoms with Gasteiger partial charge in [-0.3, -0.25) is 0 Å². The van der Waals surface area contributed by atoms with Crippen molar-refractivity contribution in [1.29, 1.82) is 0 Å². The Bertz CT molecular complexity index is 1020. The third-order valence-electron chi connectivity index (χ3n) is 4.60. The first kappa shape index (κ1) is 21.5. The van der Waals surface area contributed by atoms with E-state index >= 15 is 0 Å². The summed E-state index contributed by atoms with van der Waals surface area (Å²) in [6.45, 7) is 5.16. The molecule has 0 amide bonds. The Balaban J connectivity index is 1.78. The van der Waals surface area contributed by atoms with Gasteiger partial charge in [-0.05, 0) is 48.7 Å². The third-order valence-corrected chi connectivity index (χ3v) is 4.96. The molecule has 0 bridgehead atoms. The highest BCUT2D eigenvalue weighted by Gasteiger charge is 2.13. The van der Waals surface area contributed by atoms with Gasteiger partial charge in [-0.2, -0.15) is 0 Å². The molecule has 3 aromatic rings. The second-order valence-corrected chi connectivity index (χ2v) is 7.19. The van der Waals surface area contributed by atoms with Gasteiger partial charge in [0.05, 0.1) is 12.2 Å². The summed E-state index contributed by atoms with van der Waals surface area (Å²) in [5.74, 6) is 0.235. The molecule has 0 radical (unpaired) electrons. The molecule has 6 heteroatoms. The number of carboxylic acids is 1. The Morgan fingerprint density at radius 3 is 2.47 bits per heavy atom. The van der Waals surface area contributed by atoms with Gasteiger partial charge in [-0.1, -0.05) is 48.0 Å². The van der Waals surface area contributed by atoms with E-state index in [2.05, 4.69) is 5.32 Å². The van der Waals surface area contributed by atoms with Crippen molar-refractivity contribution in [2.75, 3.05) is 11.9 Å². The third kappa shape index (κ3) is 5.45. The van der Waals surface area contributed by atoms with Crippen LogP contribution >= 0.6 is 11.6 Å². The Labute approximate surface area is 181 Å². The van der Waals surface area contributed by atoms with Gasteiger partial charge in [0.1, 0.15) is 6.61 Å². The molecule has 0 aliphatic heterocycles. The number of rotatable bonds is 9. The molecule has 2 N–H and O–H groups in total. The van der Waals surface area contributed by atoms with Crippen molar-refractivity contribution in [3.05, 3.63) is 87.9 Å². The van der Waals surface area contributed by atoms with E-state index in [0.29, 0.717) is 36.3 Å². The average molecular weight is 426 g/mol. The second-order valence-electron chi connectivity index (χ2n) is 6.79. The summed E-state index contributed by atoms with van der Waals surface area (Å²) in [7, 11) is 0. The Hall–Kier alpha value is -3.18. The minimum absolute atomic E-state index is 0.230. The monoisotopic (exact) mass is 425 g/mol. The average Bonchev–Trinajstić information content (AvgIpc) is 2.74. The van der Waals surface area contributed by atoms with Crippen LogP contribution < -0.4 is 14.8 Å². The van der Waals surface area contributed by atoms with Gasteiger partial charge in [-0.15, -0.1) is 0 Å². The first-order chi connectivity index (χ1) is 14.5. The molecule has 3 rings (SSSR count). The summed E-state index contributed by atoms with van der Waals surface area (Å²) in [5, 5.41) is 13.0. The maximum atomic E-state index is 11.2. The first-order valence-electron chi connectivity index (χ1n) is 9.67. The van der Waals surface area contributed by atoms with E-state index in [9.17, 15) is 9.90 Å². The number of ether oxygens (including phenoxy) is 2. The normalized spacial score (nSPS) is 10.5. The van der Waals surface area contributed by atoms with E-state index in [1.807, 2.05) is 50.2 Å². The minimum Gasteiger partial charge on any atom is -0.490 e. The molecule has 0 unspecified atom stereocenters. The van der Waals surface area contributed by atoms with E-state index < -0.39 is 5.97 Å². The van der Waals surface area contributed by atoms with E-state index in [1.165, 1.54) is 0 Å². The number of aryl methyl sites for hydroxylation is 1. The van der Waals surface area contributed by atoms with Gasteiger partial charge in [0, 0.05) is 23.3 Å². The van der Waals surface area contributed by atoms with Crippen molar-refractivity contribution < 1.29 is 19.4 Å². The fourth-order valence-electron chi connectivity index (χ4n) is 2.97. The van der Waals surface area contributed by atoms with Crippen LogP contribution in [-0.2, 0) is 13.2 Å². The van der Waals surface area contributed by atoms with Crippen LogP contribution in [0, 0.1) is 6.92 Å². The Kier molecular flexibility index (Phi) is 7.20. The SMILES string of the molecule is CCOc1cc(CNc2cc(C(=O)O)ccc2C)c(Cl)cc1OCc1ccccc1. The van der Waals surface area contributed by atoms with Gasteiger partial charge in [0.2, 0.25) is 0 Å². The number of halogens is 1. The molecular weight excluding hydrogens is 402 g/mol. The van der Waals surface area contributed by atoms with Crippen LogP contribution in [0.1, 0.15) is 34.0 Å². The lowest BCUT2D eigenvalue weighted by Crippen LogP contribution is -2.06. The fourth-order valence-corrected chi connectivity index (χ4v) is 3.19. The van der Waals surface area contributed by atoms with E-state index in [-0.39, 0.29) is 5.56 Å². The summed E-state index contributed by atoms with van der Waals surface area (Å²) >= 11 is 6.50. The van der Waals surface area contributed by atoms with Crippen molar-refractivity contribution in [2.24, 2.45) is 0 Å². The van der Waals surface area contributed by atoms with Crippen molar-refractivity contribution in [1.82, 2.24) is 0 Å². The predicted molar refractivity (Wildman–Crippen MR) is 119 cm³/mol. The fraction of sp³-hybridized carbons (Fsp3) is 0.208. The zero-order valence-corrected chi connectivity index (χ0v) is 17.7. The predicted octanol–water partition coefficient (Wildman–Crippen LogP) is 5.94. The van der Waals surface area contributed by atoms with Gasteiger partial charge in [0.15, 0.2) is 11.5 Å². The lowest BCUT2D eigenvalue weighted by Gasteiger charge is -2.16. The smallest absolute Gasteiger partial charge is 0.335 e. The van der Waals surface area contributed by atoms with Gasteiger partial charge >= 0.3 is 5.97 Å². The zero-order valence-electron chi connectivity index (χ0n) is 16.9. The molecule has 156 valence electrons. The molecule has 0 spiro atoms. The van der Waals surface area contributed by atoms with Crippen LogP contribution in [0.4, 0.5) is 5.69 Å². The Morgan fingerprint density at radius 1 is 1.03 bits per heavy atom. The maximum Gasteiger partial charge on any atom is 0.335 e. The first-order valence-corrected chi connectivity index (χ1v) is 10.1. The molecule has 0 fully saturated rings. The molecular formula is C24H24ClNO4. The molecule has 0 saturated heterocycles. The second kappa shape index (κ2) is 10.0. The van der Waals surface area contributed by atoms with Crippen molar-refractivity contribution in [2.45, 2.75) is 27.0 Å². The number of hydrogen-bond acceptors (Lipinski definition) is 4. The molecule has 0 aliphatic carbocycles. The van der Waals surface area contributed by atoms with Gasteiger partial charge in [-0.25, -0.2) is 4.79 Å². The van der Waals surface area contributed by atoms with Crippen molar-refractivity contribution in [3.63, 3.8) is 0 Å². The van der Waals surface area contributed by atoms with Gasteiger partial charge in [0.25, 0.3) is 0 Å². The highest BCUT2D eigenvalue weighted by atomic mass is 35.5. The summed E-state index contributed by atoms with van der Waals surface area (Å²) in [4.78, 5) is 11.2. The number of anilines is 1. The molecule has 0 aliphatic rings. The van der Waals surface area contributed by atoms with Gasteiger partial charge < -0.3 is 19.9 Å². The Morgan fingerprint density at radius 2 is 1.77 bits per heavy atom. The number of benzene rings is 3. The number of aromatic carboxylic acids is 1. The highest BCUT2D eigenvalue weighted by molar-refractivity contribution is 6.31. The molecule has 3 aromatic carbocycles.